The van der Waals surface area contributed by atoms with E-state index in [4.69, 9.17) is 16.3 Å². The number of aromatic nitrogens is 1. The van der Waals surface area contributed by atoms with Gasteiger partial charge in [-0.25, -0.2) is 4.39 Å². The summed E-state index contributed by atoms with van der Waals surface area (Å²) < 4.78 is 19.7. The molecule has 186 valence electrons. The summed E-state index contributed by atoms with van der Waals surface area (Å²) in [5, 5.41) is 3.83. The summed E-state index contributed by atoms with van der Waals surface area (Å²) in [6.45, 7) is 2.45. The molecule has 2 aromatic rings. The van der Waals surface area contributed by atoms with E-state index in [0.29, 0.717) is 15.8 Å². The molecule has 1 aliphatic carbocycles. The van der Waals surface area contributed by atoms with E-state index >= 15 is 0 Å². The lowest BCUT2D eigenvalue weighted by molar-refractivity contribution is -0.147. The third-order valence-corrected chi connectivity index (χ3v) is 6.36. The molecular formula is C26H28ClFN2O5. The molecule has 0 fully saturated rings. The Balaban J connectivity index is 1.72. The van der Waals surface area contributed by atoms with Crippen LogP contribution in [0.3, 0.4) is 0 Å². The van der Waals surface area contributed by atoms with Gasteiger partial charge < -0.3 is 14.6 Å². The summed E-state index contributed by atoms with van der Waals surface area (Å²) >= 11 is 6.02. The zero-order valence-corrected chi connectivity index (χ0v) is 20.3. The van der Waals surface area contributed by atoms with Crippen molar-refractivity contribution in [3.63, 3.8) is 0 Å². The predicted octanol–water partition coefficient (Wildman–Crippen LogP) is 3.94. The Morgan fingerprint density at radius 1 is 1.20 bits per heavy atom. The summed E-state index contributed by atoms with van der Waals surface area (Å²) in [7, 11) is 0. The molecule has 4 atom stereocenters. The molecule has 0 radical (unpaired) electrons. The molecule has 1 N–H and O–H groups in total. The van der Waals surface area contributed by atoms with Gasteiger partial charge in [0.05, 0.1) is 13.0 Å². The summed E-state index contributed by atoms with van der Waals surface area (Å²) in [6, 6.07) is 4.18. The molecule has 0 saturated carbocycles. The van der Waals surface area contributed by atoms with Crippen LogP contribution >= 0.6 is 11.6 Å². The topological polar surface area (TPSA) is 94.5 Å². The molecule has 1 aliphatic rings. The molecule has 0 spiro atoms. The number of rotatable bonds is 10. The first-order chi connectivity index (χ1) is 16.7. The predicted molar refractivity (Wildman–Crippen MR) is 132 cm³/mol. The number of pyridine rings is 1. The summed E-state index contributed by atoms with van der Waals surface area (Å²) in [4.78, 5) is 50.6. The molecule has 0 saturated heterocycles. The van der Waals surface area contributed by atoms with Gasteiger partial charge in [-0.3, -0.25) is 19.2 Å². The van der Waals surface area contributed by atoms with E-state index in [1.165, 1.54) is 16.8 Å². The van der Waals surface area contributed by atoms with Crippen LogP contribution in [0, 0.1) is 11.8 Å². The van der Waals surface area contributed by atoms with Crippen LogP contribution in [0.5, 0.6) is 0 Å². The number of Topliss-reactive ketones (excluding diaryl/α,β-unsaturated/α-hetero) is 1. The number of hydrogen-bond donors (Lipinski definition) is 1. The molecule has 9 heteroatoms. The number of carbonyl (C=O) groups is 3. The Morgan fingerprint density at radius 2 is 1.94 bits per heavy atom. The quantitative estimate of drug-likeness (QED) is 0.496. The number of nitrogens with one attached hydrogen (secondary N) is 1. The lowest BCUT2D eigenvalue weighted by atomic mass is 9.91. The Morgan fingerprint density at radius 3 is 2.63 bits per heavy atom. The number of amides is 1. The first kappa shape index (κ1) is 26.3. The maximum absolute atomic E-state index is 13.2. The van der Waals surface area contributed by atoms with Crippen LogP contribution in [-0.2, 0) is 19.1 Å². The van der Waals surface area contributed by atoms with Gasteiger partial charge in [-0.1, -0.05) is 55.8 Å². The van der Waals surface area contributed by atoms with E-state index in [9.17, 15) is 23.6 Å². The zero-order chi connectivity index (χ0) is 25.5. The van der Waals surface area contributed by atoms with E-state index < -0.39 is 48.4 Å². The number of carbonyl (C=O) groups excluding carboxylic acids is 3. The Kier molecular flexibility index (Phi) is 8.98. The van der Waals surface area contributed by atoms with Crippen LogP contribution < -0.4 is 10.9 Å². The third kappa shape index (κ3) is 6.45. The number of fused-ring (bicyclic) bond motifs is 1. The van der Waals surface area contributed by atoms with Crippen LogP contribution in [-0.4, -0.2) is 41.6 Å². The van der Waals surface area contributed by atoms with Crippen molar-refractivity contribution in [2.75, 3.05) is 13.3 Å². The molecule has 0 bridgehead atoms. The zero-order valence-electron chi connectivity index (χ0n) is 19.6. The fraction of sp³-hybridized carbons (Fsp3) is 0.385. The molecule has 7 nitrogen and oxygen atoms in total. The molecule has 3 unspecified atom stereocenters. The van der Waals surface area contributed by atoms with Crippen molar-refractivity contribution in [1.29, 1.82) is 0 Å². The average Bonchev–Trinajstić information content (AvgIpc) is 2.84. The SMILES string of the molecule is CC[C@@H](C(=O)NC(CC(=O)OCC1C=CC=CC1C)C(=O)CF)n1ccc2ccc(Cl)cc2c1=O. The van der Waals surface area contributed by atoms with Crippen molar-refractivity contribution in [1.82, 2.24) is 9.88 Å². The van der Waals surface area contributed by atoms with Gasteiger partial charge in [-0.05, 0) is 35.9 Å². The average molecular weight is 503 g/mol. The summed E-state index contributed by atoms with van der Waals surface area (Å²) in [5.74, 6) is -2.18. The maximum Gasteiger partial charge on any atom is 0.308 e. The van der Waals surface area contributed by atoms with Gasteiger partial charge in [-0.2, -0.15) is 0 Å². The minimum atomic E-state index is -1.40. The molecule has 35 heavy (non-hydrogen) atoms. The maximum atomic E-state index is 13.2. The third-order valence-electron chi connectivity index (χ3n) is 6.12. The normalized spacial score (nSPS) is 18.7. The number of ether oxygens (including phenoxy) is 1. The molecule has 0 aliphatic heterocycles. The van der Waals surface area contributed by atoms with Gasteiger partial charge in [0.25, 0.3) is 5.56 Å². The minimum absolute atomic E-state index is 0.00776. The number of halogens is 2. The first-order valence-corrected chi connectivity index (χ1v) is 11.8. The van der Waals surface area contributed by atoms with Gasteiger partial charge in [0, 0.05) is 22.5 Å². The van der Waals surface area contributed by atoms with Crippen LogP contribution in [0.2, 0.25) is 5.02 Å². The van der Waals surface area contributed by atoms with E-state index in [1.807, 2.05) is 31.2 Å². The molecule has 1 amide bonds. The smallest absolute Gasteiger partial charge is 0.308 e. The number of hydrogen-bond acceptors (Lipinski definition) is 5. The number of benzene rings is 1. The second-order valence-electron chi connectivity index (χ2n) is 8.52. The van der Waals surface area contributed by atoms with Crippen LogP contribution in [0.4, 0.5) is 4.39 Å². The molecule has 1 heterocycles. The van der Waals surface area contributed by atoms with Crippen molar-refractivity contribution < 1.29 is 23.5 Å². The highest BCUT2D eigenvalue weighted by Crippen LogP contribution is 2.20. The van der Waals surface area contributed by atoms with Gasteiger partial charge in [0.1, 0.15) is 18.8 Å². The Bertz CT molecular complexity index is 1220. The van der Waals surface area contributed by atoms with Gasteiger partial charge in [0.15, 0.2) is 5.78 Å². The molecule has 3 rings (SSSR count). The number of ketones is 1. The van der Waals surface area contributed by atoms with Crippen molar-refractivity contribution in [2.24, 2.45) is 11.8 Å². The van der Waals surface area contributed by atoms with E-state index in [0.717, 1.165) is 0 Å². The number of alkyl halides is 1. The van der Waals surface area contributed by atoms with Gasteiger partial charge >= 0.3 is 5.97 Å². The standard InChI is InChI=1S/C26H28ClFN2O5/c1-3-22(30-11-10-17-8-9-19(27)12-20(17)26(30)34)25(33)29-21(23(31)14-28)13-24(32)35-15-18-7-5-4-6-16(18)2/h4-12,16,18,21-22H,3,13-15H2,1-2H3,(H,29,33)/t16?,18?,21?,22-/m0/s1. The van der Waals surface area contributed by atoms with E-state index in [2.05, 4.69) is 5.32 Å². The lowest BCUT2D eigenvalue weighted by Gasteiger charge is -2.23. The molecule has 1 aromatic carbocycles. The second-order valence-corrected chi connectivity index (χ2v) is 8.96. The van der Waals surface area contributed by atoms with Crippen molar-refractivity contribution in [2.45, 2.75) is 38.8 Å². The summed E-state index contributed by atoms with van der Waals surface area (Å²) in [6.07, 6.45) is 8.88. The monoisotopic (exact) mass is 502 g/mol. The van der Waals surface area contributed by atoms with Crippen LogP contribution in [0.15, 0.2) is 59.6 Å². The minimum Gasteiger partial charge on any atom is -0.465 e. The van der Waals surface area contributed by atoms with Crippen LogP contribution in [0.25, 0.3) is 10.8 Å². The lowest BCUT2D eigenvalue weighted by Crippen LogP contribution is -2.47. The largest absolute Gasteiger partial charge is 0.465 e. The molecular weight excluding hydrogens is 475 g/mol. The van der Waals surface area contributed by atoms with Gasteiger partial charge in [0.2, 0.25) is 5.91 Å². The van der Waals surface area contributed by atoms with Crippen molar-refractivity contribution in [3.05, 3.63) is 70.1 Å². The van der Waals surface area contributed by atoms with Gasteiger partial charge in [-0.15, -0.1) is 0 Å². The fourth-order valence-corrected chi connectivity index (χ4v) is 4.15. The second kappa shape index (κ2) is 11.9. The fourth-order valence-electron chi connectivity index (χ4n) is 3.97. The highest BCUT2D eigenvalue weighted by atomic mass is 35.5. The van der Waals surface area contributed by atoms with E-state index in [1.54, 1.807) is 25.1 Å². The Labute approximate surface area is 207 Å². The number of nitrogens with zero attached hydrogens (tertiary/aromatic N) is 1. The highest BCUT2D eigenvalue weighted by molar-refractivity contribution is 6.31. The molecule has 1 aromatic heterocycles. The highest BCUT2D eigenvalue weighted by Gasteiger charge is 2.29. The first-order valence-electron chi connectivity index (χ1n) is 11.4. The van der Waals surface area contributed by atoms with E-state index in [-0.39, 0.29) is 24.9 Å². The number of esters is 1. The van der Waals surface area contributed by atoms with Crippen molar-refractivity contribution >= 4 is 40.0 Å². The summed E-state index contributed by atoms with van der Waals surface area (Å²) in [5.41, 5.74) is -0.427. The number of allylic oxidation sites excluding steroid dienone is 3. The van der Waals surface area contributed by atoms with Crippen LogP contribution in [0.1, 0.15) is 32.7 Å². The van der Waals surface area contributed by atoms with Crippen molar-refractivity contribution in [3.8, 4) is 0 Å². The Hall–Kier alpha value is -3.26.